The molecule has 0 bridgehead atoms. The van der Waals surface area contributed by atoms with E-state index in [0.29, 0.717) is 18.0 Å². The van der Waals surface area contributed by atoms with Gasteiger partial charge in [-0.2, -0.15) is 5.26 Å². The highest BCUT2D eigenvalue weighted by Crippen LogP contribution is 2.08. The van der Waals surface area contributed by atoms with Gasteiger partial charge in [0.1, 0.15) is 0 Å². The Kier molecular flexibility index (Phi) is 6.04. The van der Waals surface area contributed by atoms with Crippen LogP contribution in [0.25, 0.3) is 0 Å². The fourth-order valence-electron chi connectivity index (χ4n) is 1.92. The summed E-state index contributed by atoms with van der Waals surface area (Å²) < 4.78 is 0. The number of hydrogen-bond acceptors (Lipinski definition) is 3. The quantitative estimate of drug-likeness (QED) is 0.819. The van der Waals surface area contributed by atoms with Gasteiger partial charge in [-0.1, -0.05) is 26.0 Å². The average Bonchev–Trinajstić information content (AvgIpc) is 2.42. The SMILES string of the molecule is CNC(=O)C(CC(C)C)NCc1cccc(C#N)c1. The Hall–Kier alpha value is -1.86. The zero-order valence-corrected chi connectivity index (χ0v) is 11.7. The molecule has 1 amide bonds. The van der Waals surface area contributed by atoms with Crippen molar-refractivity contribution in [2.75, 3.05) is 7.05 Å². The molecule has 0 aliphatic rings. The Bertz CT molecular complexity index is 463. The molecule has 1 aromatic rings. The largest absolute Gasteiger partial charge is 0.358 e. The Labute approximate surface area is 114 Å². The van der Waals surface area contributed by atoms with Gasteiger partial charge < -0.3 is 10.6 Å². The molecule has 0 aliphatic heterocycles. The number of nitrogens with zero attached hydrogens (tertiary/aromatic N) is 1. The molecule has 0 aromatic heterocycles. The maximum absolute atomic E-state index is 11.8. The topological polar surface area (TPSA) is 64.9 Å². The summed E-state index contributed by atoms with van der Waals surface area (Å²) in [5.41, 5.74) is 1.65. The molecule has 0 spiro atoms. The van der Waals surface area contributed by atoms with E-state index in [-0.39, 0.29) is 11.9 Å². The van der Waals surface area contributed by atoms with Crippen LogP contribution in [0.5, 0.6) is 0 Å². The van der Waals surface area contributed by atoms with E-state index in [2.05, 4.69) is 30.6 Å². The maximum Gasteiger partial charge on any atom is 0.236 e. The smallest absolute Gasteiger partial charge is 0.236 e. The van der Waals surface area contributed by atoms with Crippen molar-refractivity contribution in [3.8, 4) is 6.07 Å². The van der Waals surface area contributed by atoms with E-state index in [1.807, 2.05) is 18.2 Å². The lowest BCUT2D eigenvalue weighted by Crippen LogP contribution is -2.43. The molecule has 1 unspecified atom stereocenters. The van der Waals surface area contributed by atoms with E-state index in [1.54, 1.807) is 13.1 Å². The first-order valence-electron chi connectivity index (χ1n) is 6.50. The van der Waals surface area contributed by atoms with Crippen molar-refractivity contribution < 1.29 is 4.79 Å². The number of carbonyl (C=O) groups excluding carboxylic acids is 1. The van der Waals surface area contributed by atoms with Gasteiger partial charge >= 0.3 is 0 Å². The van der Waals surface area contributed by atoms with Gasteiger partial charge in [0.05, 0.1) is 17.7 Å². The summed E-state index contributed by atoms with van der Waals surface area (Å²) in [6.07, 6.45) is 0.789. The highest BCUT2D eigenvalue weighted by Gasteiger charge is 2.17. The zero-order chi connectivity index (χ0) is 14.3. The monoisotopic (exact) mass is 259 g/mol. The van der Waals surface area contributed by atoms with Crippen LogP contribution >= 0.6 is 0 Å². The highest BCUT2D eigenvalue weighted by molar-refractivity contribution is 5.81. The van der Waals surface area contributed by atoms with E-state index in [4.69, 9.17) is 5.26 Å². The zero-order valence-electron chi connectivity index (χ0n) is 11.7. The van der Waals surface area contributed by atoms with Crippen LogP contribution in [0.1, 0.15) is 31.4 Å². The number of hydrogen-bond donors (Lipinski definition) is 2. The van der Waals surface area contributed by atoms with Crippen molar-refractivity contribution in [3.63, 3.8) is 0 Å². The molecule has 0 saturated heterocycles. The summed E-state index contributed by atoms with van der Waals surface area (Å²) in [6.45, 7) is 4.77. The summed E-state index contributed by atoms with van der Waals surface area (Å²) in [7, 11) is 1.65. The molecule has 2 N–H and O–H groups in total. The lowest BCUT2D eigenvalue weighted by Gasteiger charge is -2.19. The summed E-state index contributed by atoms with van der Waals surface area (Å²) in [4.78, 5) is 11.8. The van der Waals surface area contributed by atoms with Gasteiger partial charge in [-0.05, 0) is 30.0 Å². The van der Waals surface area contributed by atoms with Crippen LogP contribution in [0.2, 0.25) is 0 Å². The molecule has 4 nitrogen and oxygen atoms in total. The van der Waals surface area contributed by atoms with Gasteiger partial charge in [0.25, 0.3) is 0 Å². The molecule has 102 valence electrons. The van der Waals surface area contributed by atoms with Crippen LogP contribution in [0.15, 0.2) is 24.3 Å². The minimum atomic E-state index is -0.198. The number of benzene rings is 1. The Morgan fingerprint density at radius 3 is 2.74 bits per heavy atom. The third-order valence-corrected chi connectivity index (χ3v) is 2.88. The number of amides is 1. The van der Waals surface area contributed by atoms with E-state index < -0.39 is 0 Å². The van der Waals surface area contributed by atoms with Crippen molar-refractivity contribution in [1.29, 1.82) is 5.26 Å². The molecule has 0 heterocycles. The van der Waals surface area contributed by atoms with E-state index >= 15 is 0 Å². The predicted octanol–water partition coefficient (Wildman–Crippen LogP) is 1.81. The van der Waals surface area contributed by atoms with Gasteiger partial charge in [-0.25, -0.2) is 0 Å². The summed E-state index contributed by atoms with van der Waals surface area (Å²) in [5, 5.41) is 14.8. The van der Waals surface area contributed by atoms with Crippen molar-refractivity contribution in [3.05, 3.63) is 35.4 Å². The van der Waals surface area contributed by atoms with E-state index in [9.17, 15) is 4.79 Å². The second-order valence-corrected chi connectivity index (χ2v) is 4.99. The Morgan fingerprint density at radius 2 is 2.16 bits per heavy atom. The number of likely N-dealkylation sites (N-methyl/N-ethyl adjacent to an activating group) is 1. The number of carbonyl (C=O) groups is 1. The normalized spacial score (nSPS) is 11.9. The minimum absolute atomic E-state index is 0.00476. The fourth-order valence-corrected chi connectivity index (χ4v) is 1.92. The number of nitrogens with one attached hydrogen (secondary N) is 2. The standard InChI is InChI=1S/C15H21N3O/c1-11(2)7-14(15(19)17-3)18-10-13-6-4-5-12(8-13)9-16/h4-6,8,11,14,18H,7,10H2,1-3H3,(H,17,19). The maximum atomic E-state index is 11.8. The molecule has 1 aromatic carbocycles. The third-order valence-electron chi connectivity index (χ3n) is 2.88. The highest BCUT2D eigenvalue weighted by atomic mass is 16.2. The Morgan fingerprint density at radius 1 is 1.42 bits per heavy atom. The lowest BCUT2D eigenvalue weighted by molar-refractivity contribution is -0.123. The van der Waals surface area contributed by atoms with Crippen molar-refractivity contribution >= 4 is 5.91 Å². The molecule has 19 heavy (non-hydrogen) atoms. The second-order valence-electron chi connectivity index (χ2n) is 4.99. The molecule has 0 aliphatic carbocycles. The van der Waals surface area contributed by atoms with Crippen LogP contribution in [-0.4, -0.2) is 19.0 Å². The first kappa shape index (κ1) is 15.2. The van der Waals surface area contributed by atoms with Crippen LogP contribution < -0.4 is 10.6 Å². The van der Waals surface area contributed by atoms with Crippen LogP contribution in [-0.2, 0) is 11.3 Å². The molecule has 1 rings (SSSR count). The van der Waals surface area contributed by atoms with E-state index in [0.717, 1.165) is 12.0 Å². The summed E-state index contributed by atoms with van der Waals surface area (Å²) >= 11 is 0. The van der Waals surface area contributed by atoms with Gasteiger partial charge in [-0.3, -0.25) is 4.79 Å². The molecule has 1 atom stereocenters. The minimum Gasteiger partial charge on any atom is -0.358 e. The summed E-state index contributed by atoms with van der Waals surface area (Å²) in [6, 6.07) is 9.33. The van der Waals surface area contributed by atoms with Crippen LogP contribution in [0, 0.1) is 17.2 Å². The van der Waals surface area contributed by atoms with Crippen molar-refractivity contribution in [1.82, 2.24) is 10.6 Å². The third kappa shape index (κ3) is 5.11. The Balaban J connectivity index is 2.65. The van der Waals surface area contributed by atoms with Crippen molar-refractivity contribution in [2.45, 2.75) is 32.9 Å². The lowest BCUT2D eigenvalue weighted by atomic mass is 10.0. The van der Waals surface area contributed by atoms with Gasteiger partial charge in [0.15, 0.2) is 0 Å². The first-order chi connectivity index (χ1) is 9.06. The summed E-state index contributed by atoms with van der Waals surface area (Å²) in [5.74, 6) is 0.449. The molecule has 0 fully saturated rings. The molecule has 0 saturated carbocycles. The van der Waals surface area contributed by atoms with Crippen LogP contribution in [0.4, 0.5) is 0 Å². The van der Waals surface area contributed by atoms with Gasteiger partial charge in [0.2, 0.25) is 5.91 Å². The average molecular weight is 259 g/mol. The molecular formula is C15H21N3O. The molecule has 4 heteroatoms. The van der Waals surface area contributed by atoms with Gasteiger partial charge in [-0.15, -0.1) is 0 Å². The van der Waals surface area contributed by atoms with Crippen LogP contribution in [0.3, 0.4) is 0 Å². The van der Waals surface area contributed by atoms with Crippen molar-refractivity contribution in [2.24, 2.45) is 5.92 Å². The molecular weight excluding hydrogens is 238 g/mol. The predicted molar refractivity (Wildman–Crippen MR) is 75.3 cm³/mol. The second kappa shape index (κ2) is 7.55. The first-order valence-corrected chi connectivity index (χ1v) is 6.50. The molecule has 0 radical (unpaired) electrons. The number of nitriles is 1. The van der Waals surface area contributed by atoms with Gasteiger partial charge in [0, 0.05) is 13.6 Å². The fraction of sp³-hybridized carbons (Fsp3) is 0.467. The van der Waals surface area contributed by atoms with E-state index in [1.165, 1.54) is 0 Å². The number of rotatable bonds is 6.